The first-order valence-corrected chi connectivity index (χ1v) is 6.42. The number of benzene rings is 1. The highest BCUT2D eigenvalue weighted by atomic mass is 19.4. The van der Waals surface area contributed by atoms with Gasteiger partial charge in [0.05, 0.1) is 0 Å². The van der Waals surface area contributed by atoms with E-state index in [2.05, 4.69) is 5.32 Å². The minimum Gasteiger partial charge on any atom is -0.385 e. The monoisotopic (exact) mass is 271 g/mol. The Kier molecular flexibility index (Phi) is 4.12. The van der Waals surface area contributed by atoms with Gasteiger partial charge in [-0.05, 0) is 43.0 Å². The highest BCUT2D eigenvalue weighted by Crippen LogP contribution is 2.25. The lowest BCUT2D eigenvalue weighted by atomic mass is 9.97. The van der Waals surface area contributed by atoms with E-state index in [4.69, 9.17) is 0 Å². The first kappa shape index (κ1) is 13.9. The number of hydrogen-bond acceptors (Lipinski definition) is 2. The van der Waals surface area contributed by atoms with E-state index in [0.29, 0.717) is 5.56 Å². The minimum atomic E-state index is -4.18. The van der Waals surface area contributed by atoms with Crippen molar-refractivity contribution in [2.24, 2.45) is 0 Å². The molecular weight excluding hydrogens is 255 g/mol. The maximum atomic E-state index is 12.0. The number of hydrogen-bond donors (Lipinski definition) is 1. The molecule has 0 unspecified atom stereocenters. The van der Waals surface area contributed by atoms with Gasteiger partial charge in [-0.15, -0.1) is 0 Å². The number of rotatable bonds is 4. The van der Waals surface area contributed by atoms with Crippen molar-refractivity contribution < 1.29 is 18.0 Å². The molecule has 0 aliphatic carbocycles. The van der Waals surface area contributed by atoms with E-state index in [9.17, 15) is 18.0 Å². The van der Waals surface area contributed by atoms with Crippen molar-refractivity contribution in [2.75, 3.05) is 11.9 Å². The second-order valence-corrected chi connectivity index (χ2v) is 4.79. The van der Waals surface area contributed by atoms with Crippen LogP contribution >= 0.6 is 0 Å². The summed E-state index contributed by atoms with van der Waals surface area (Å²) in [5, 5.41) is 3.23. The van der Waals surface area contributed by atoms with Gasteiger partial charge in [0.25, 0.3) is 0 Å². The Morgan fingerprint density at radius 3 is 2.84 bits per heavy atom. The molecule has 1 heterocycles. The molecule has 1 aromatic carbocycles. The number of halogens is 3. The number of fused-ring (bicyclic) bond motifs is 1. The van der Waals surface area contributed by atoms with Gasteiger partial charge in [0, 0.05) is 30.6 Å². The molecule has 1 aliphatic rings. The number of aryl methyl sites for hydroxylation is 1. The number of carbonyl (C=O) groups excluding carboxylic acids is 1. The summed E-state index contributed by atoms with van der Waals surface area (Å²) in [6, 6.07) is 5.33. The SMILES string of the molecule is O=C(CCCC(F)(F)F)c1ccc2c(c1)CCCN2. The van der Waals surface area contributed by atoms with E-state index >= 15 is 0 Å². The molecule has 104 valence electrons. The van der Waals surface area contributed by atoms with Crippen LogP contribution in [0.2, 0.25) is 0 Å². The molecule has 0 spiro atoms. The zero-order valence-electron chi connectivity index (χ0n) is 10.5. The lowest BCUT2D eigenvalue weighted by Crippen LogP contribution is -2.13. The Morgan fingerprint density at radius 2 is 2.11 bits per heavy atom. The van der Waals surface area contributed by atoms with Gasteiger partial charge in [0.15, 0.2) is 5.78 Å². The lowest BCUT2D eigenvalue weighted by molar-refractivity contribution is -0.135. The quantitative estimate of drug-likeness (QED) is 0.840. The molecule has 2 nitrogen and oxygen atoms in total. The first-order chi connectivity index (χ1) is 8.96. The van der Waals surface area contributed by atoms with Crippen LogP contribution in [-0.2, 0) is 6.42 Å². The standard InChI is InChI=1S/C14H16F3NO/c15-14(16,17)7-1-4-13(19)11-5-6-12-10(9-11)3-2-8-18-12/h5-6,9,18H,1-4,7-8H2. The zero-order chi connectivity index (χ0) is 13.9. The van der Waals surface area contributed by atoms with E-state index in [-0.39, 0.29) is 18.6 Å². The third kappa shape index (κ3) is 3.98. The predicted octanol–water partition coefficient (Wildman–Crippen LogP) is 3.96. The van der Waals surface area contributed by atoms with Crippen LogP contribution in [0.15, 0.2) is 18.2 Å². The predicted molar refractivity (Wildman–Crippen MR) is 67.5 cm³/mol. The van der Waals surface area contributed by atoms with Crippen LogP contribution in [0.1, 0.15) is 41.6 Å². The van der Waals surface area contributed by atoms with Gasteiger partial charge >= 0.3 is 6.18 Å². The number of alkyl halides is 3. The number of Topliss-reactive ketones (excluding diaryl/α,β-unsaturated/α-hetero) is 1. The van der Waals surface area contributed by atoms with Crippen molar-refractivity contribution >= 4 is 11.5 Å². The van der Waals surface area contributed by atoms with Gasteiger partial charge in [0.1, 0.15) is 0 Å². The summed E-state index contributed by atoms with van der Waals surface area (Å²) < 4.78 is 36.0. The summed E-state index contributed by atoms with van der Waals surface area (Å²) in [7, 11) is 0. The van der Waals surface area contributed by atoms with Crippen LogP contribution in [0.5, 0.6) is 0 Å². The Hall–Kier alpha value is -1.52. The van der Waals surface area contributed by atoms with E-state index in [1.807, 2.05) is 6.07 Å². The summed E-state index contributed by atoms with van der Waals surface area (Å²) in [4.78, 5) is 11.8. The van der Waals surface area contributed by atoms with Gasteiger partial charge in [-0.25, -0.2) is 0 Å². The second kappa shape index (κ2) is 5.63. The van der Waals surface area contributed by atoms with E-state index in [1.54, 1.807) is 12.1 Å². The van der Waals surface area contributed by atoms with Crippen molar-refractivity contribution in [1.29, 1.82) is 0 Å². The maximum absolute atomic E-state index is 12.0. The van der Waals surface area contributed by atoms with Crippen molar-refractivity contribution in [3.63, 3.8) is 0 Å². The summed E-state index contributed by atoms with van der Waals surface area (Å²) in [6.45, 7) is 0.922. The normalized spacial score (nSPS) is 14.7. The van der Waals surface area contributed by atoms with Crippen molar-refractivity contribution in [3.8, 4) is 0 Å². The van der Waals surface area contributed by atoms with Crippen LogP contribution in [-0.4, -0.2) is 18.5 Å². The van der Waals surface area contributed by atoms with Crippen LogP contribution in [0.25, 0.3) is 0 Å². The number of ketones is 1. The van der Waals surface area contributed by atoms with Crippen molar-refractivity contribution in [3.05, 3.63) is 29.3 Å². The molecule has 0 radical (unpaired) electrons. The highest BCUT2D eigenvalue weighted by Gasteiger charge is 2.26. The Balaban J connectivity index is 1.96. The molecule has 0 atom stereocenters. The summed E-state index contributed by atoms with van der Waals surface area (Å²) >= 11 is 0. The van der Waals surface area contributed by atoms with Gasteiger partial charge in [0.2, 0.25) is 0 Å². The number of carbonyl (C=O) groups is 1. The molecule has 1 N–H and O–H groups in total. The average molecular weight is 271 g/mol. The Labute approximate surface area is 110 Å². The van der Waals surface area contributed by atoms with Crippen LogP contribution in [0, 0.1) is 0 Å². The third-order valence-corrected chi connectivity index (χ3v) is 3.23. The summed E-state index contributed by atoms with van der Waals surface area (Å²) in [6.07, 6.45) is -3.35. The molecular formula is C14H16F3NO. The van der Waals surface area contributed by atoms with Gasteiger partial charge in [-0.1, -0.05) is 0 Å². The Bertz CT molecular complexity index is 468. The molecule has 1 aliphatic heterocycles. The fraction of sp³-hybridized carbons (Fsp3) is 0.500. The molecule has 19 heavy (non-hydrogen) atoms. The highest BCUT2D eigenvalue weighted by molar-refractivity contribution is 5.96. The van der Waals surface area contributed by atoms with Crippen LogP contribution in [0.3, 0.4) is 0 Å². The topological polar surface area (TPSA) is 29.1 Å². The summed E-state index contributed by atoms with van der Waals surface area (Å²) in [5.74, 6) is -0.211. The third-order valence-electron chi connectivity index (χ3n) is 3.23. The molecule has 0 aromatic heterocycles. The number of nitrogens with one attached hydrogen (secondary N) is 1. The number of anilines is 1. The van der Waals surface area contributed by atoms with E-state index in [1.165, 1.54) is 0 Å². The molecule has 0 amide bonds. The average Bonchev–Trinajstić information content (AvgIpc) is 2.36. The molecule has 0 bridgehead atoms. The second-order valence-electron chi connectivity index (χ2n) is 4.79. The smallest absolute Gasteiger partial charge is 0.385 e. The molecule has 0 saturated carbocycles. The fourth-order valence-electron chi connectivity index (χ4n) is 2.24. The van der Waals surface area contributed by atoms with Gasteiger partial charge < -0.3 is 5.32 Å². The van der Waals surface area contributed by atoms with Crippen LogP contribution < -0.4 is 5.32 Å². The zero-order valence-corrected chi connectivity index (χ0v) is 10.5. The molecule has 2 rings (SSSR count). The van der Waals surface area contributed by atoms with Crippen LogP contribution in [0.4, 0.5) is 18.9 Å². The fourth-order valence-corrected chi connectivity index (χ4v) is 2.24. The first-order valence-electron chi connectivity index (χ1n) is 6.42. The van der Waals surface area contributed by atoms with E-state index in [0.717, 1.165) is 30.6 Å². The maximum Gasteiger partial charge on any atom is 0.389 e. The minimum absolute atomic E-state index is 0.0499. The Morgan fingerprint density at radius 1 is 1.32 bits per heavy atom. The summed E-state index contributed by atoms with van der Waals surface area (Å²) in [5.41, 5.74) is 2.62. The van der Waals surface area contributed by atoms with Gasteiger partial charge in [-0.3, -0.25) is 4.79 Å². The molecule has 0 saturated heterocycles. The molecule has 1 aromatic rings. The van der Waals surface area contributed by atoms with Crippen molar-refractivity contribution in [1.82, 2.24) is 0 Å². The molecule has 0 fully saturated rings. The largest absolute Gasteiger partial charge is 0.389 e. The lowest BCUT2D eigenvalue weighted by Gasteiger charge is -2.18. The molecule has 5 heteroatoms. The van der Waals surface area contributed by atoms with Crippen molar-refractivity contribution in [2.45, 2.75) is 38.3 Å². The van der Waals surface area contributed by atoms with Gasteiger partial charge in [-0.2, -0.15) is 13.2 Å². The van der Waals surface area contributed by atoms with E-state index < -0.39 is 12.6 Å².